The number of ether oxygens (including phenoxy) is 3. The maximum Gasteiger partial charge on any atom is 0.267 e. The van der Waals surface area contributed by atoms with Crippen molar-refractivity contribution in [3.63, 3.8) is 0 Å². The molecule has 0 unspecified atom stereocenters. The van der Waals surface area contributed by atoms with Crippen LogP contribution >= 0.6 is 24.0 Å². The van der Waals surface area contributed by atoms with Crippen molar-refractivity contribution in [3.8, 4) is 11.5 Å². The number of carbonyl (C=O) groups is 1. The second-order valence-electron chi connectivity index (χ2n) is 8.14. The second-order valence-corrected chi connectivity index (χ2v) is 9.81. The number of thioether (sulfide) groups is 1. The second kappa shape index (κ2) is 8.99. The van der Waals surface area contributed by atoms with Crippen molar-refractivity contribution in [2.75, 3.05) is 38.0 Å². The van der Waals surface area contributed by atoms with Gasteiger partial charge in [0.1, 0.15) is 15.8 Å². The Balaban J connectivity index is 1.36. The Kier molecular flexibility index (Phi) is 5.67. The van der Waals surface area contributed by atoms with Gasteiger partial charge in [-0.05, 0) is 35.9 Å². The summed E-state index contributed by atoms with van der Waals surface area (Å²) in [6.45, 7) is 2.80. The van der Waals surface area contributed by atoms with Gasteiger partial charge in [0.15, 0.2) is 11.5 Å². The van der Waals surface area contributed by atoms with Gasteiger partial charge in [0.2, 0.25) is 6.79 Å². The van der Waals surface area contributed by atoms with Crippen molar-refractivity contribution in [2.45, 2.75) is 6.54 Å². The van der Waals surface area contributed by atoms with E-state index in [0.717, 1.165) is 5.56 Å². The number of fused-ring (bicyclic) bond motifs is 2. The van der Waals surface area contributed by atoms with E-state index in [4.69, 9.17) is 31.4 Å². The minimum absolute atomic E-state index is 0.184. The average molecular weight is 509 g/mol. The monoisotopic (exact) mass is 508 g/mol. The molecule has 0 aliphatic carbocycles. The number of morpholine rings is 1. The third-order valence-electron chi connectivity index (χ3n) is 5.99. The van der Waals surface area contributed by atoms with Gasteiger partial charge in [-0.1, -0.05) is 36.1 Å². The lowest BCUT2D eigenvalue weighted by Crippen LogP contribution is -2.38. The van der Waals surface area contributed by atoms with Crippen LogP contribution in [0.15, 0.2) is 52.3 Å². The first kappa shape index (κ1) is 22.1. The fourth-order valence-corrected chi connectivity index (χ4v) is 5.46. The standard InChI is InChI=1S/C24H20N4O5S2/c29-22-16(21(26-7-9-31-10-8-26)25-20-3-1-2-6-27(20)22)12-19-23(30)28(24(34)35-19)13-15-4-5-17-18(11-15)33-14-32-17/h1-6,11-12H,7-10,13-14H2/b19-12-. The SMILES string of the molecule is O=C1/C(=C/c2c(N3CCOCC3)nc3ccccn3c2=O)SC(=S)N1Cc1ccc2c(c1)OCO2. The zero-order valence-corrected chi connectivity index (χ0v) is 20.1. The molecular formula is C24H20N4O5S2. The van der Waals surface area contributed by atoms with Crippen molar-refractivity contribution < 1.29 is 19.0 Å². The van der Waals surface area contributed by atoms with Crippen molar-refractivity contribution in [3.05, 3.63) is 69.0 Å². The molecule has 0 saturated carbocycles. The average Bonchev–Trinajstić information content (AvgIpc) is 3.45. The van der Waals surface area contributed by atoms with Crippen LogP contribution in [0.1, 0.15) is 11.1 Å². The Hall–Kier alpha value is -3.41. The zero-order valence-electron chi connectivity index (χ0n) is 18.5. The minimum Gasteiger partial charge on any atom is -0.454 e. The van der Waals surface area contributed by atoms with Crippen molar-refractivity contribution in [2.24, 2.45) is 0 Å². The van der Waals surface area contributed by atoms with Crippen LogP contribution in [0.4, 0.5) is 5.82 Å². The van der Waals surface area contributed by atoms with Gasteiger partial charge >= 0.3 is 0 Å². The Morgan fingerprint density at radius 3 is 2.77 bits per heavy atom. The first-order valence-electron chi connectivity index (χ1n) is 11.1. The highest BCUT2D eigenvalue weighted by molar-refractivity contribution is 8.26. The van der Waals surface area contributed by atoms with E-state index < -0.39 is 0 Å². The van der Waals surface area contributed by atoms with Crippen molar-refractivity contribution in [1.29, 1.82) is 0 Å². The Bertz CT molecular complexity index is 1450. The third-order valence-corrected chi connectivity index (χ3v) is 7.36. The fraction of sp³-hybridized carbons (Fsp3) is 0.250. The first-order valence-corrected chi connectivity index (χ1v) is 12.3. The molecule has 35 heavy (non-hydrogen) atoms. The summed E-state index contributed by atoms with van der Waals surface area (Å²) in [5, 5.41) is 0. The number of anilines is 1. The number of aromatic nitrogens is 2. The minimum atomic E-state index is -0.247. The number of hydrogen-bond donors (Lipinski definition) is 0. The van der Waals surface area contributed by atoms with Crippen LogP contribution < -0.4 is 19.9 Å². The molecule has 2 fully saturated rings. The van der Waals surface area contributed by atoms with Crippen molar-refractivity contribution >= 4 is 51.7 Å². The number of amides is 1. The molecule has 2 saturated heterocycles. The van der Waals surface area contributed by atoms with Gasteiger partial charge in [0, 0.05) is 19.3 Å². The van der Waals surface area contributed by atoms with E-state index in [1.165, 1.54) is 21.1 Å². The Labute approximate surface area is 209 Å². The van der Waals surface area contributed by atoms with Gasteiger partial charge in [0.05, 0.1) is 30.2 Å². The molecule has 5 heterocycles. The van der Waals surface area contributed by atoms with Crippen LogP contribution in [0.2, 0.25) is 0 Å². The highest BCUT2D eigenvalue weighted by Crippen LogP contribution is 2.37. The molecule has 3 aliphatic heterocycles. The Morgan fingerprint density at radius 1 is 1.09 bits per heavy atom. The van der Waals surface area contributed by atoms with Crippen LogP contribution in [0.25, 0.3) is 11.7 Å². The molecule has 0 atom stereocenters. The lowest BCUT2D eigenvalue weighted by Gasteiger charge is -2.29. The summed E-state index contributed by atoms with van der Waals surface area (Å²) < 4.78 is 18.2. The third kappa shape index (κ3) is 4.05. The van der Waals surface area contributed by atoms with E-state index >= 15 is 0 Å². The summed E-state index contributed by atoms with van der Waals surface area (Å²) in [6.07, 6.45) is 3.30. The summed E-state index contributed by atoms with van der Waals surface area (Å²) in [4.78, 5) is 35.5. The number of pyridine rings is 1. The molecule has 3 aliphatic rings. The molecular weight excluding hydrogens is 488 g/mol. The summed E-state index contributed by atoms with van der Waals surface area (Å²) in [5.74, 6) is 1.63. The number of thiocarbonyl (C=S) groups is 1. The molecule has 0 bridgehead atoms. The largest absolute Gasteiger partial charge is 0.454 e. The lowest BCUT2D eigenvalue weighted by molar-refractivity contribution is -0.122. The number of nitrogens with zero attached hydrogens (tertiary/aromatic N) is 4. The maximum atomic E-state index is 13.5. The smallest absolute Gasteiger partial charge is 0.267 e. The molecule has 1 amide bonds. The highest BCUT2D eigenvalue weighted by Gasteiger charge is 2.33. The molecule has 1 aromatic carbocycles. The molecule has 11 heteroatoms. The van der Waals surface area contributed by atoms with E-state index in [1.807, 2.05) is 29.2 Å². The van der Waals surface area contributed by atoms with Gasteiger partial charge in [-0.15, -0.1) is 0 Å². The van der Waals surface area contributed by atoms with Crippen LogP contribution in [0.3, 0.4) is 0 Å². The zero-order chi connectivity index (χ0) is 23.9. The van der Waals surface area contributed by atoms with Crippen molar-refractivity contribution in [1.82, 2.24) is 14.3 Å². The summed E-state index contributed by atoms with van der Waals surface area (Å²) in [7, 11) is 0. The molecule has 0 N–H and O–H groups in total. The van der Waals surface area contributed by atoms with Gasteiger partial charge in [-0.2, -0.15) is 0 Å². The summed E-state index contributed by atoms with van der Waals surface area (Å²) in [6, 6.07) is 11.0. The molecule has 9 nitrogen and oxygen atoms in total. The van der Waals surface area contributed by atoms with Gasteiger partial charge < -0.3 is 19.1 Å². The molecule has 6 rings (SSSR count). The summed E-state index contributed by atoms with van der Waals surface area (Å²) >= 11 is 6.71. The van der Waals surface area contributed by atoms with E-state index in [9.17, 15) is 9.59 Å². The van der Waals surface area contributed by atoms with Crippen LogP contribution in [-0.4, -0.2) is 57.6 Å². The molecule has 0 radical (unpaired) electrons. The normalized spacial score (nSPS) is 18.8. The highest BCUT2D eigenvalue weighted by atomic mass is 32.2. The maximum absolute atomic E-state index is 13.5. The number of benzene rings is 1. The number of carbonyl (C=O) groups excluding carboxylic acids is 1. The van der Waals surface area contributed by atoms with Crippen LogP contribution in [-0.2, 0) is 16.1 Å². The van der Waals surface area contributed by atoms with Gasteiger partial charge in [-0.3, -0.25) is 18.9 Å². The van der Waals surface area contributed by atoms with E-state index in [-0.39, 0.29) is 18.3 Å². The number of hydrogen-bond acceptors (Lipinski definition) is 9. The topological polar surface area (TPSA) is 85.6 Å². The quantitative estimate of drug-likeness (QED) is 0.390. The number of rotatable bonds is 4. The fourth-order valence-electron chi connectivity index (χ4n) is 4.22. The van der Waals surface area contributed by atoms with E-state index in [1.54, 1.807) is 24.4 Å². The van der Waals surface area contributed by atoms with E-state index in [2.05, 4.69) is 0 Å². The first-order chi connectivity index (χ1) is 17.1. The molecule has 0 spiro atoms. The predicted molar refractivity (Wildman–Crippen MR) is 136 cm³/mol. The van der Waals surface area contributed by atoms with Crippen LogP contribution in [0, 0.1) is 0 Å². The molecule has 3 aromatic rings. The molecule has 178 valence electrons. The lowest BCUT2D eigenvalue weighted by atomic mass is 10.2. The van der Waals surface area contributed by atoms with E-state index in [0.29, 0.717) is 70.6 Å². The van der Waals surface area contributed by atoms with Gasteiger partial charge in [-0.25, -0.2) is 4.98 Å². The predicted octanol–water partition coefficient (Wildman–Crippen LogP) is 2.66. The van der Waals surface area contributed by atoms with Gasteiger partial charge in [0.25, 0.3) is 11.5 Å². The Morgan fingerprint density at radius 2 is 1.91 bits per heavy atom. The van der Waals surface area contributed by atoms with Crippen LogP contribution in [0.5, 0.6) is 11.5 Å². The molecule has 2 aromatic heterocycles. The summed E-state index contributed by atoms with van der Waals surface area (Å²) in [5.41, 5.74) is 1.54.